The Labute approximate surface area is 495 Å². The van der Waals surface area contributed by atoms with Crippen LogP contribution in [0.4, 0.5) is 68.5 Å². The molecule has 0 saturated carbocycles. The third-order valence-electron chi connectivity index (χ3n) is 19.8. The first-order valence-electron chi connectivity index (χ1n) is 30.0. The van der Waals surface area contributed by atoms with E-state index in [9.17, 15) is 0 Å². The molecule has 4 aliphatic heterocycles. The Morgan fingerprint density at radius 2 is 0.756 bits per heavy atom. The molecule has 6 nitrogen and oxygen atoms in total. The molecule has 9 aromatic rings. The first-order valence-corrected chi connectivity index (χ1v) is 31.6. The Balaban J connectivity index is 1.08. The third-order valence-corrected chi connectivity index (χ3v) is 23.1. The second kappa shape index (κ2) is 17.4. The molecule has 10 heteroatoms. The number of pyridine rings is 2. The van der Waals surface area contributed by atoms with Crippen LogP contribution in [-0.2, 0) is 32.5 Å². The molecule has 0 amide bonds. The highest BCUT2D eigenvalue weighted by Gasteiger charge is 2.51. The lowest BCUT2D eigenvalue weighted by atomic mass is 9.33. The molecule has 0 radical (unpaired) electrons. The van der Waals surface area contributed by atoms with E-state index < -0.39 is 0 Å². The van der Waals surface area contributed by atoms with Crippen molar-refractivity contribution in [3.8, 4) is 0 Å². The van der Waals surface area contributed by atoms with Crippen LogP contribution in [0.2, 0.25) is 0 Å². The zero-order valence-corrected chi connectivity index (χ0v) is 52.0. The number of benzene rings is 5. The molecule has 0 N–H and O–H groups in total. The number of thiophene rings is 2. The standard InChI is InChI=1S/C72H74B2N6S2/c1-67(2,3)59-41-57-63(81-59)73-51-39-52-56(40-55(51)77(45-25-27-47-49(37-45)71(11,12)33-31-69(47,7)8)53-29-35-75-65(61(53)73)79(57)43-21-17-15-18-22-43)78(46-26-28-48-50(38-46)72(13,14)34-32-70(48,9)10)54-30-36-76-66-62(54)74(52)64-58(42-60(82-64)68(4,5)6)80(66)44-23-19-16-20-24-44/h15-30,35-42H,31-34H2,1-14H3. The van der Waals surface area contributed by atoms with Crippen molar-refractivity contribution in [2.45, 2.75) is 155 Å². The SMILES string of the molecule is CC(C)(C)c1cc2c(s1)B1c3cc4c(cc3N(c3ccc5c(c3)C(C)(C)CCC5(C)C)c3ccnc(c31)N2c1ccccc1)N(c1ccc2c(c1)C(C)(C)CCC2(C)C)c1ccnc2c1B4c1sc(C(C)(C)C)cc1N2c1ccccc1. The topological polar surface area (TPSA) is 38.7 Å². The van der Waals surface area contributed by atoms with Gasteiger partial charge in [0.1, 0.15) is 11.6 Å². The Bertz CT molecular complexity index is 3880. The van der Waals surface area contributed by atoms with Gasteiger partial charge in [0.05, 0.1) is 11.4 Å². The highest BCUT2D eigenvalue weighted by atomic mass is 32.1. The van der Waals surface area contributed by atoms with E-state index >= 15 is 0 Å². The lowest BCUT2D eigenvalue weighted by Gasteiger charge is -2.46. The number of fused-ring (bicyclic) bond motifs is 10. The summed E-state index contributed by atoms with van der Waals surface area (Å²) in [5, 5.41) is 0. The number of hydrogen-bond acceptors (Lipinski definition) is 8. The quantitative estimate of drug-likeness (QED) is 0.164. The summed E-state index contributed by atoms with van der Waals surface area (Å²) in [6.07, 6.45) is 8.76. The van der Waals surface area contributed by atoms with Crippen molar-refractivity contribution in [2.75, 3.05) is 19.6 Å². The molecule has 0 saturated heterocycles. The van der Waals surface area contributed by atoms with Gasteiger partial charge in [-0.3, -0.25) is 9.80 Å². The summed E-state index contributed by atoms with van der Waals surface area (Å²) in [6, 6.07) is 51.8. The van der Waals surface area contributed by atoms with Gasteiger partial charge in [-0.1, -0.05) is 152 Å². The molecule has 0 atom stereocenters. The van der Waals surface area contributed by atoms with E-state index in [4.69, 9.17) is 9.97 Å². The largest absolute Gasteiger partial charge is 0.311 e. The van der Waals surface area contributed by atoms with Gasteiger partial charge in [-0.25, -0.2) is 9.97 Å². The van der Waals surface area contributed by atoms with Crippen molar-refractivity contribution in [3.63, 3.8) is 0 Å². The van der Waals surface area contributed by atoms with Gasteiger partial charge in [0, 0.05) is 77.2 Å². The highest BCUT2D eigenvalue weighted by molar-refractivity contribution is 7.30. The summed E-state index contributed by atoms with van der Waals surface area (Å²) >= 11 is 3.99. The number of rotatable bonds is 4. The Morgan fingerprint density at radius 1 is 0.378 bits per heavy atom. The van der Waals surface area contributed by atoms with Crippen LogP contribution in [0, 0.1) is 0 Å². The molecule has 4 aromatic heterocycles. The highest BCUT2D eigenvalue weighted by Crippen LogP contribution is 2.54. The van der Waals surface area contributed by atoms with E-state index in [1.165, 1.54) is 122 Å². The number of nitrogens with zero attached hydrogens (tertiary/aromatic N) is 6. The lowest BCUT2D eigenvalue weighted by molar-refractivity contribution is 0.332. The molecular formula is C72H74B2N6S2. The van der Waals surface area contributed by atoms with Crippen LogP contribution >= 0.6 is 22.7 Å². The second-order valence-corrected chi connectivity index (χ2v) is 31.4. The molecule has 6 aliphatic rings. The van der Waals surface area contributed by atoms with Crippen molar-refractivity contribution in [2.24, 2.45) is 0 Å². The van der Waals surface area contributed by atoms with Crippen molar-refractivity contribution in [1.82, 2.24) is 9.97 Å². The number of para-hydroxylation sites is 2. The smallest absolute Gasteiger partial charge is 0.266 e. The van der Waals surface area contributed by atoms with E-state index in [0.717, 1.165) is 35.9 Å². The maximum atomic E-state index is 5.51. The van der Waals surface area contributed by atoms with Crippen LogP contribution in [-0.4, -0.2) is 23.4 Å². The maximum absolute atomic E-state index is 5.51. The predicted octanol–water partition coefficient (Wildman–Crippen LogP) is 16.1. The molecule has 5 aromatic carbocycles. The van der Waals surface area contributed by atoms with Crippen LogP contribution in [0.5, 0.6) is 0 Å². The van der Waals surface area contributed by atoms with Gasteiger partial charge in [0.2, 0.25) is 0 Å². The van der Waals surface area contributed by atoms with E-state index in [2.05, 4.69) is 262 Å². The zero-order valence-electron chi connectivity index (χ0n) is 50.3. The fraction of sp³-hybridized carbons (Fsp3) is 0.333. The average Bonchev–Trinajstić information content (AvgIpc) is 4.30. The Hall–Kier alpha value is -6.87. The molecule has 2 aliphatic carbocycles. The van der Waals surface area contributed by atoms with Crippen molar-refractivity contribution in [1.29, 1.82) is 0 Å². The average molecular weight is 1110 g/mol. The van der Waals surface area contributed by atoms with Gasteiger partial charge in [0.25, 0.3) is 13.4 Å². The summed E-state index contributed by atoms with van der Waals surface area (Å²) in [6.45, 7) is 33.7. The van der Waals surface area contributed by atoms with Gasteiger partial charge < -0.3 is 9.80 Å². The molecule has 0 bridgehead atoms. The van der Waals surface area contributed by atoms with E-state index in [1.807, 2.05) is 22.7 Å². The fourth-order valence-electron chi connectivity index (χ4n) is 15.0. The number of aromatic nitrogens is 2. The van der Waals surface area contributed by atoms with Crippen LogP contribution < -0.4 is 51.0 Å². The van der Waals surface area contributed by atoms with Gasteiger partial charge in [-0.15, -0.1) is 0 Å². The summed E-state index contributed by atoms with van der Waals surface area (Å²) < 4.78 is 2.73. The van der Waals surface area contributed by atoms with Crippen molar-refractivity contribution in [3.05, 3.63) is 178 Å². The van der Waals surface area contributed by atoms with Gasteiger partial charge in [0.15, 0.2) is 0 Å². The molecule has 0 fully saturated rings. The number of hydrogen-bond donors (Lipinski definition) is 0. The number of anilines is 12. The summed E-state index contributed by atoms with van der Waals surface area (Å²) in [5.74, 6) is 1.99. The minimum Gasteiger partial charge on any atom is -0.311 e. The van der Waals surface area contributed by atoms with E-state index in [0.29, 0.717) is 0 Å². The molecule has 0 unspecified atom stereocenters. The second-order valence-electron chi connectivity index (χ2n) is 29.2. The molecule has 82 heavy (non-hydrogen) atoms. The van der Waals surface area contributed by atoms with Crippen LogP contribution in [0.3, 0.4) is 0 Å². The summed E-state index contributed by atoms with van der Waals surface area (Å²) in [4.78, 5) is 24.0. The minimum absolute atomic E-state index is 0.00878. The molecule has 8 heterocycles. The Kier molecular flexibility index (Phi) is 11.0. The molecule has 15 rings (SSSR count). The zero-order chi connectivity index (χ0) is 56.9. The minimum atomic E-state index is -0.0911. The first-order chi connectivity index (χ1) is 38.9. The molecule has 0 spiro atoms. The lowest BCUT2D eigenvalue weighted by Crippen LogP contribution is -2.64. The van der Waals surface area contributed by atoms with Gasteiger partial charge in [-0.05, 0) is 181 Å². The van der Waals surface area contributed by atoms with Crippen LogP contribution in [0.15, 0.2) is 146 Å². The fourth-order valence-corrected chi connectivity index (χ4v) is 17.6. The van der Waals surface area contributed by atoms with E-state index in [-0.39, 0.29) is 45.9 Å². The molecular weight excluding hydrogens is 1030 g/mol. The summed E-state index contributed by atoms with van der Waals surface area (Å²) in [7, 11) is 0. The van der Waals surface area contributed by atoms with Crippen molar-refractivity contribution < 1.29 is 0 Å². The maximum Gasteiger partial charge on any atom is 0.266 e. The van der Waals surface area contributed by atoms with E-state index in [1.54, 1.807) is 0 Å². The van der Waals surface area contributed by atoms with Gasteiger partial charge in [-0.2, -0.15) is 22.7 Å². The van der Waals surface area contributed by atoms with Crippen LogP contribution in [0.1, 0.15) is 155 Å². The monoisotopic (exact) mass is 1110 g/mol. The predicted molar refractivity (Wildman–Crippen MR) is 354 cm³/mol. The van der Waals surface area contributed by atoms with Crippen LogP contribution in [0.25, 0.3) is 0 Å². The van der Waals surface area contributed by atoms with Crippen molar-refractivity contribution >= 4 is 136 Å². The first kappa shape index (κ1) is 52.0. The third kappa shape index (κ3) is 7.51. The normalized spacial score (nSPS) is 18.2. The van der Waals surface area contributed by atoms with Gasteiger partial charge >= 0.3 is 0 Å². The summed E-state index contributed by atoms with van der Waals surface area (Å²) in [5.41, 5.74) is 22.9. The Morgan fingerprint density at radius 3 is 1.13 bits per heavy atom. The molecule has 410 valence electrons.